The number of hydrogen-bond acceptors (Lipinski definition) is 4. The lowest BCUT2D eigenvalue weighted by atomic mass is 9.91. The number of H-pyrrole nitrogens is 1. The average Bonchev–Trinajstić information content (AvgIpc) is 2.42. The van der Waals surface area contributed by atoms with E-state index in [9.17, 15) is 9.59 Å². The summed E-state index contributed by atoms with van der Waals surface area (Å²) in [7, 11) is 0. The highest BCUT2D eigenvalue weighted by molar-refractivity contribution is 5.80. The van der Waals surface area contributed by atoms with Gasteiger partial charge in [-0.15, -0.1) is 0 Å². The molecule has 0 aromatic carbocycles. The minimum Gasteiger partial charge on any atom is -0.341 e. The van der Waals surface area contributed by atoms with E-state index >= 15 is 0 Å². The number of pyridine rings is 1. The summed E-state index contributed by atoms with van der Waals surface area (Å²) in [5.41, 5.74) is 2.07. The van der Waals surface area contributed by atoms with Gasteiger partial charge >= 0.3 is 0 Å². The zero-order valence-corrected chi connectivity index (χ0v) is 12.7. The van der Waals surface area contributed by atoms with Crippen molar-refractivity contribution in [2.45, 2.75) is 26.2 Å². The summed E-state index contributed by atoms with van der Waals surface area (Å²) < 4.78 is 0. The molecule has 0 bridgehead atoms. The van der Waals surface area contributed by atoms with Crippen LogP contribution in [0.15, 0.2) is 29.3 Å². The third-order valence-electron chi connectivity index (χ3n) is 4.08. The van der Waals surface area contributed by atoms with Crippen molar-refractivity contribution >= 4 is 5.91 Å². The Bertz CT molecular complexity index is 748. The Morgan fingerprint density at radius 2 is 2.00 bits per heavy atom. The second-order valence-corrected chi connectivity index (χ2v) is 5.67. The summed E-state index contributed by atoms with van der Waals surface area (Å²) in [6.45, 7) is 4.88. The van der Waals surface area contributed by atoms with Crippen LogP contribution in [0, 0.1) is 13.8 Å². The van der Waals surface area contributed by atoms with Crippen LogP contribution in [0.1, 0.15) is 28.6 Å². The minimum absolute atomic E-state index is 0.0236. The fraction of sp³-hybridized carbons (Fsp3) is 0.375. The molecule has 1 N–H and O–H groups in total. The molecular formula is C16H18N4O2. The van der Waals surface area contributed by atoms with Gasteiger partial charge in [-0.1, -0.05) is 0 Å². The predicted octanol–water partition coefficient (Wildman–Crippen LogP) is 0.950. The molecule has 1 aliphatic heterocycles. The first-order chi connectivity index (χ1) is 10.5. The summed E-state index contributed by atoms with van der Waals surface area (Å²) in [5, 5.41) is 0. The molecule has 0 spiro atoms. The van der Waals surface area contributed by atoms with Crippen molar-refractivity contribution in [3.05, 3.63) is 57.5 Å². The van der Waals surface area contributed by atoms with Gasteiger partial charge in [0, 0.05) is 42.7 Å². The maximum atomic E-state index is 12.3. The van der Waals surface area contributed by atoms with Gasteiger partial charge in [0.05, 0.1) is 6.42 Å². The van der Waals surface area contributed by atoms with Gasteiger partial charge in [-0.2, -0.15) is 0 Å². The maximum Gasteiger partial charge on any atom is 0.254 e. The lowest BCUT2D eigenvalue weighted by Crippen LogP contribution is -2.49. The van der Waals surface area contributed by atoms with E-state index in [1.54, 1.807) is 31.1 Å². The van der Waals surface area contributed by atoms with Crippen LogP contribution in [-0.4, -0.2) is 38.8 Å². The summed E-state index contributed by atoms with van der Waals surface area (Å²) in [6.07, 6.45) is 3.64. The van der Waals surface area contributed by atoms with E-state index in [1.165, 1.54) is 5.56 Å². The Morgan fingerprint density at radius 1 is 1.32 bits per heavy atom. The van der Waals surface area contributed by atoms with Crippen LogP contribution in [0.5, 0.6) is 0 Å². The molecule has 6 heteroatoms. The van der Waals surface area contributed by atoms with Gasteiger partial charge in [0.1, 0.15) is 5.82 Å². The number of carbonyl (C=O) groups excluding carboxylic acids is 1. The van der Waals surface area contributed by atoms with Crippen molar-refractivity contribution in [1.82, 2.24) is 19.9 Å². The number of nitrogens with zero attached hydrogens (tertiary/aromatic N) is 3. The van der Waals surface area contributed by atoms with Crippen LogP contribution < -0.4 is 5.56 Å². The Kier molecular flexibility index (Phi) is 3.75. The lowest BCUT2D eigenvalue weighted by molar-refractivity contribution is -0.134. The van der Waals surface area contributed by atoms with Gasteiger partial charge < -0.3 is 9.88 Å². The van der Waals surface area contributed by atoms with Gasteiger partial charge in [0.25, 0.3) is 5.56 Å². The number of likely N-dealkylation sites (tertiary alicyclic amines) is 1. The molecule has 1 aliphatic rings. The number of aromatic nitrogens is 3. The second kappa shape index (κ2) is 5.71. The highest BCUT2D eigenvalue weighted by Crippen LogP contribution is 2.26. The molecule has 114 valence electrons. The van der Waals surface area contributed by atoms with Gasteiger partial charge in [-0.25, -0.2) is 4.98 Å². The first-order valence-electron chi connectivity index (χ1n) is 7.28. The molecule has 1 amide bonds. The van der Waals surface area contributed by atoms with Crippen molar-refractivity contribution in [2.75, 3.05) is 13.1 Å². The van der Waals surface area contributed by atoms with Crippen molar-refractivity contribution in [3.8, 4) is 0 Å². The number of aryl methyl sites for hydroxylation is 2. The number of rotatable bonds is 3. The third kappa shape index (κ3) is 2.77. The summed E-state index contributed by atoms with van der Waals surface area (Å²) in [5.74, 6) is 0.910. The van der Waals surface area contributed by atoms with Crippen LogP contribution in [0.25, 0.3) is 0 Å². The first-order valence-corrected chi connectivity index (χ1v) is 7.28. The molecule has 1 fully saturated rings. The molecule has 0 radical (unpaired) electrons. The predicted molar refractivity (Wildman–Crippen MR) is 81.6 cm³/mol. The molecule has 2 aromatic rings. The quantitative estimate of drug-likeness (QED) is 0.915. The van der Waals surface area contributed by atoms with Crippen molar-refractivity contribution in [2.24, 2.45) is 0 Å². The average molecular weight is 298 g/mol. The second-order valence-electron chi connectivity index (χ2n) is 5.67. The summed E-state index contributed by atoms with van der Waals surface area (Å²) >= 11 is 0. The lowest BCUT2D eigenvalue weighted by Gasteiger charge is -2.39. The highest BCUT2D eigenvalue weighted by Gasteiger charge is 2.32. The molecule has 22 heavy (non-hydrogen) atoms. The normalized spacial score (nSPS) is 14.7. The van der Waals surface area contributed by atoms with E-state index in [0.717, 1.165) is 0 Å². The fourth-order valence-corrected chi connectivity index (χ4v) is 2.75. The SMILES string of the molecule is Cc1nc(C)c(CC(=O)N2CC(c3ccncc3)C2)c(=O)[nH]1. The summed E-state index contributed by atoms with van der Waals surface area (Å²) in [4.78, 5) is 36.9. The van der Waals surface area contributed by atoms with E-state index < -0.39 is 0 Å². The van der Waals surface area contributed by atoms with Crippen molar-refractivity contribution in [1.29, 1.82) is 0 Å². The topological polar surface area (TPSA) is 79.0 Å². The molecule has 2 aromatic heterocycles. The van der Waals surface area contributed by atoms with E-state index in [4.69, 9.17) is 0 Å². The standard InChI is InChI=1S/C16H18N4O2/c1-10-14(16(22)19-11(2)18-10)7-15(21)20-8-13(9-20)12-3-5-17-6-4-12/h3-6,13H,7-9H2,1-2H3,(H,18,19,22). The Morgan fingerprint density at radius 3 is 2.64 bits per heavy atom. The molecular weight excluding hydrogens is 280 g/mol. The number of nitrogens with one attached hydrogen (secondary N) is 1. The van der Waals surface area contributed by atoms with Crippen LogP contribution in [0.2, 0.25) is 0 Å². The molecule has 0 unspecified atom stereocenters. The van der Waals surface area contributed by atoms with Gasteiger partial charge in [0.2, 0.25) is 5.91 Å². The van der Waals surface area contributed by atoms with Crippen LogP contribution >= 0.6 is 0 Å². The van der Waals surface area contributed by atoms with Gasteiger partial charge in [0.15, 0.2) is 0 Å². The zero-order chi connectivity index (χ0) is 15.7. The van der Waals surface area contributed by atoms with E-state index in [0.29, 0.717) is 36.1 Å². The van der Waals surface area contributed by atoms with E-state index in [2.05, 4.69) is 15.0 Å². The third-order valence-corrected chi connectivity index (χ3v) is 4.08. The smallest absolute Gasteiger partial charge is 0.254 e. The Balaban J connectivity index is 1.64. The maximum absolute atomic E-state index is 12.3. The number of hydrogen-bond donors (Lipinski definition) is 1. The highest BCUT2D eigenvalue weighted by atomic mass is 16.2. The Labute approximate surface area is 128 Å². The van der Waals surface area contributed by atoms with Crippen LogP contribution in [-0.2, 0) is 11.2 Å². The van der Waals surface area contributed by atoms with Gasteiger partial charge in [-0.05, 0) is 31.5 Å². The van der Waals surface area contributed by atoms with Gasteiger partial charge in [-0.3, -0.25) is 14.6 Å². The molecule has 6 nitrogen and oxygen atoms in total. The minimum atomic E-state index is -0.218. The molecule has 1 saturated heterocycles. The van der Waals surface area contributed by atoms with E-state index in [1.807, 2.05) is 12.1 Å². The number of amides is 1. The fourth-order valence-electron chi connectivity index (χ4n) is 2.75. The zero-order valence-electron chi connectivity index (χ0n) is 12.7. The van der Waals surface area contributed by atoms with Crippen molar-refractivity contribution in [3.63, 3.8) is 0 Å². The molecule has 0 aliphatic carbocycles. The van der Waals surface area contributed by atoms with Crippen molar-refractivity contribution < 1.29 is 4.79 Å². The number of carbonyl (C=O) groups is 1. The molecule has 3 rings (SSSR count). The summed E-state index contributed by atoms with van der Waals surface area (Å²) in [6, 6.07) is 3.95. The molecule has 0 atom stereocenters. The largest absolute Gasteiger partial charge is 0.341 e. The molecule has 0 saturated carbocycles. The van der Waals surface area contributed by atoms with E-state index in [-0.39, 0.29) is 17.9 Å². The molecule has 3 heterocycles. The monoisotopic (exact) mass is 298 g/mol. The first kappa shape index (κ1) is 14.4. The van der Waals surface area contributed by atoms with Crippen LogP contribution in [0.3, 0.4) is 0 Å². The van der Waals surface area contributed by atoms with Crippen LogP contribution in [0.4, 0.5) is 0 Å². The Hall–Kier alpha value is -2.50. The number of aromatic amines is 1.